The van der Waals surface area contributed by atoms with E-state index >= 15 is 0 Å². The fraction of sp³-hybridized carbons (Fsp3) is 0.833. The van der Waals surface area contributed by atoms with Crippen molar-refractivity contribution in [3.05, 3.63) is 0 Å². The number of carbonyl (C=O) groups is 2. The van der Waals surface area contributed by atoms with E-state index in [1.54, 1.807) is 25.6 Å². The van der Waals surface area contributed by atoms with Gasteiger partial charge in [-0.1, -0.05) is 0 Å². The standard InChI is InChI=1S/C12H21ClN2O3S/c1-9(2)18-6-8-19-7-5-14-10(16)12(3,4)15(13)11(14)17/h9H,5-8H2,1-4H3. The summed E-state index contributed by atoms with van der Waals surface area (Å²) in [6, 6.07) is -0.435. The first-order valence-corrected chi connectivity index (χ1v) is 7.79. The second-order valence-electron chi connectivity index (χ2n) is 5.11. The molecule has 0 aliphatic carbocycles. The Morgan fingerprint density at radius 1 is 1.32 bits per heavy atom. The minimum Gasteiger partial charge on any atom is -0.378 e. The molecule has 1 rings (SSSR count). The molecule has 1 aliphatic rings. The van der Waals surface area contributed by atoms with Crippen LogP contribution in [-0.4, -0.2) is 57.6 Å². The van der Waals surface area contributed by atoms with Crippen LogP contribution in [0.2, 0.25) is 0 Å². The normalized spacial score (nSPS) is 18.8. The van der Waals surface area contributed by atoms with Crippen molar-refractivity contribution in [1.82, 2.24) is 9.32 Å². The molecule has 0 unspecified atom stereocenters. The Morgan fingerprint density at radius 2 is 1.95 bits per heavy atom. The molecular weight excluding hydrogens is 288 g/mol. The van der Waals surface area contributed by atoms with Gasteiger partial charge in [-0.3, -0.25) is 9.69 Å². The lowest BCUT2D eigenvalue weighted by molar-refractivity contribution is -0.130. The number of thioether (sulfide) groups is 1. The SMILES string of the molecule is CC(C)OCCSCCN1C(=O)N(Cl)C(C)(C)C1=O. The van der Waals surface area contributed by atoms with Crippen LogP contribution >= 0.6 is 23.5 Å². The van der Waals surface area contributed by atoms with E-state index in [0.29, 0.717) is 18.9 Å². The number of nitrogens with zero attached hydrogens (tertiary/aromatic N) is 2. The van der Waals surface area contributed by atoms with Crippen LogP contribution < -0.4 is 0 Å². The third-order valence-electron chi connectivity index (χ3n) is 2.80. The number of rotatable bonds is 7. The highest BCUT2D eigenvalue weighted by molar-refractivity contribution is 7.99. The zero-order chi connectivity index (χ0) is 14.6. The van der Waals surface area contributed by atoms with E-state index < -0.39 is 11.6 Å². The van der Waals surface area contributed by atoms with Crippen molar-refractivity contribution < 1.29 is 14.3 Å². The van der Waals surface area contributed by atoms with Crippen LogP contribution in [0.3, 0.4) is 0 Å². The number of hydrogen-bond acceptors (Lipinski definition) is 4. The van der Waals surface area contributed by atoms with E-state index in [0.717, 1.165) is 10.2 Å². The number of hydrogen-bond donors (Lipinski definition) is 0. The second-order valence-corrected chi connectivity index (χ2v) is 6.67. The van der Waals surface area contributed by atoms with Gasteiger partial charge in [-0.25, -0.2) is 9.21 Å². The Kier molecular flexibility index (Phi) is 5.95. The van der Waals surface area contributed by atoms with Gasteiger partial charge in [0.15, 0.2) is 0 Å². The maximum absolute atomic E-state index is 12.0. The van der Waals surface area contributed by atoms with E-state index in [2.05, 4.69) is 0 Å². The summed E-state index contributed by atoms with van der Waals surface area (Å²) in [7, 11) is 0. The number of imide groups is 1. The fourth-order valence-electron chi connectivity index (χ4n) is 1.64. The summed E-state index contributed by atoms with van der Waals surface area (Å²) in [4.78, 5) is 25.0. The first-order chi connectivity index (χ1) is 8.78. The molecule has 110 valence electrons. The summed E-state index contributed by atoms with van der Waals surface area (Å²) in [6.45, 7) is 8.33. The van der Waals surface area contributed by atoms with Gasteiger partial charge >= 0.3 is 6.03 Å². The van der Waals surface area contributed by atoms with Crippen molar-refractivity contribution in [1.29, 1.82) is 0 Å². The number of amides is 3. The highest BCUT2D eigenvalue weighted by Crippen LogP contribution is 2.29. The summed E-state index contributed by atoms with van der Waals surface area (Å²) >= 11 is 7.49. The minimum atomic E-state index is -0.954. The molecule has 3 amide bonds. The van der Waals surface area contributed by atoms with E-state index in [1.807, 2.05) is 13.8 Å². The lowest BCUT2D eigenvalue weighted by Crippen LogP contribution is -2.39. The Bertz CT molecular complexity index is 350. The van der Waals surface area contributed by atoms with E-state index in [9.17, 15) is 9.59 Å². The zero-order valence-electron chi connectivity index (χ0n) is 11.8. The molecule has 0 aromatic carbocycles. The van der Waals surface area contributed by atoms with Crippen molar-refractivity contribution in [2.24, 2.45) is 0 Å². The first-order valence-electron chi connectivity index (χ1n) is 6.29. The second kappa shape index (κ2) is 6.81. The number of ether oxygens (including phenoxy) is 1. The molecule has 1 saturated heterocycles. The maximum atomic E-state index is 12.0. The van der Waals surface area contributed by atoms with Crippen molar-refractivity contribution in [2.75, 3.05) is 24.7 Å². The van der Waals surface area contributed by atoms with Crippen LogP contribution in [-0.2, 0) is 9.53 Å². The third-order valence-corrected chi connectivity index (χ3v) is 4.29. The van der Waals surface area contributed by atoms with Gasteiger partial charge < -0.3 is 4.74 Å². The van der Waals surface area contributed by atoms with Crippen LogP contribution in [0.15, 0.2) is 0 Å². The first kappa shape index (κ1) is 16.6. The predicted octanol–water partition coefficient (Wildman–Crippen LogP) is 2.34. The zero-order valence-corrected chi connectivity index (χ0v) is 13.4. The van der Waals surface area contributed by atoms with E-state index in [1.165, 1.54) is 4.90 Å². The van der Waals surface area contributed by atoms with Gasteiger partial charge in [-0.15, -0.1) is 0 Å². The monoisotopic (exact) mass is 308 g/mol. The molecule has 0 atom stereocenters. The van der Waals surface area contributed by atoms with E-state index in [-0.39, 0.29) is 12.0 Å². The fourth-order valence-corrected chi connectivity index (χ4v) is 2.54. The van der Waals surface area contributed by atoms with Gasteiger partial charge in [-0.2, -0.15) is 11.8 Å². The van der Waals surface area contributed by atoms with Gasteiger partial charge in [0.25, 0.3) is 5.91 Å². The number of urea groups is 1. The van der Waals surface area contributed by atoms with Gasteiger partial charge in [-0.05, 0) is 27.7 Å². The topological polar surface area (TPSA) is 49.9 Å². The summed E-state index contributed by atoms with van der Waals surface area (Å²) in [5.41, 5.74) is -0.954. The maximum Gasteiger partial charge on any atom is 0.342 e. The van der Waals surface area contributed by atoms with Crippen LogP contribution in [0.1, 0.15) is 27.7 Å². The average Bonchev–Trinajstić information content (AvgIpc) is 2.47. The van der Waals surface area contributed by atoms with Crippen LogP contribution in [0.4, 0.5) is 4.79 Å². The third kappa shape index (κ3) is 4.00. The molecule has 0 aromatic heterocycles. The highest BCUT2D eigenvalue weighted by atomic mass is 35.5. The highest BCUT2D eigenvalue weighted by Gasteiger charge is 2.50. The molecule has 0 saturated carbocycles. The summed E-state index contributed by atoms with van der Waals surface area (Å²) < 4.78 is 6.38. The van der Waals surface area contributed by atoms with Crippen molar-refractivity contribution in [3.8, 4) is 0 Å². The number of halogens is 1. The molecule has 0 radical (unpaired) electrons. The Hall–Kier alpha value is -0.460. The molecule has 1 aliphatic heterocycles. The Labute approximate surface area is 123 Å². The largest absolute Gasteiger partial charge is 0.378 e. The average molecular weight is 309 g/mol. The van der Waals surface area contributed by atoms with Crippen LogP contribution in [0.5, 0.6) is 0 Å². The predicted molar refractivity (Wildman–Crippen MR) is 77.3 cm³/mol. The lowest BCUT2D eigenvalue weighted by Gasteiger charge is -2.19. The van der Waals surface area contributed by atoms with Crippen LogP contribution in [0.25, 0.3) is 0 Å². The molecule has 0 spiro atoms. The Balaban J connectivity index is 2.30. The summed E-state index contributed by atoms with van der Waals surface area (Å²) in [5, 5.41) is 0. The molecule has 7 heteroatoms. The Morgan fingerprint density at radius 3 is 2.42 bits per heavy atom. The van der Waals surface area contributed by atoms with Gasteiger partial charge in [0.2, 0.25) is 0 Å². The summed E-state index contributed by atoms with van der Waals surface area (Å²) in [5.74, 6) is 1.30. The smallest absolute Gasteiger partial charge is 0.342 e. The molecule has 0 N–H and O–H groups in total. The van der Waals surface area contributed by atoms with E-state index in [4.69, 9.17) is 16.5 Å². The molecule has 0 bridgehead atoms. The molecule has 19 heavy (non-hydrogen) atoms. The molecule has 0 aromatic rings. The van der Waals surface area contributed by atoms with Gasteiger partial charge in [0.1, 0.15) is 5.54 Å². The van der Waals surface area contributed by atoms with Gasteiger partial charge in [0, 0.05) is 29.8 Å². The van der Waals surface area contributed by atoms with Gasteiger partial charge in [0.05, 0.1) is 12.7 Å². The quantitative estimate of drug-likeness (QED) is 0.411. The lowest BCUT2D eigenvalue weighted by atomic mass is 10.1. The van der Waals surface area contributed by atoms with Crippen molar-refractivity contribution in [3.63, 3.8) is 0 Å². The molecule has 5 nitrogen and oxygen atoms in total. The number of carbonyl (C=O) groups excluding carboxylic acids is 2. The van der Waals surface area contributed by atoms with Crippen molar-refractivity contribution in [2.45, 2.75) is 39.3 Å². The minimum absolute atomic E-state index is 0.230. The molecule has 1 heterocycles. The van der Waals surface area contributed by atoms with Crippen molar-refractivity contribution >= 4 is 35.5 Å². The summed E-state index contributed by atoms with van der Waals surface area (Å²) in [6.07, 6.45) is 0.230. The molecule has 1 fully saturated rings. The molecular formula is C12H21ClN2O3S. The van der Waals surface area contributed by atoms with Crippen LogP contribution in [0, 0.1) is 0 Å².